The Hall–Kier alpha value is -3.57. The van der Waals surface area contributed by atoms with Crippen molar-refractivity contribution in [3.63, 3.8) is 0 Å². The van der Waals surface area contributed by atoms with Gasteiger partial charge in [0.1, 0.15) is 11.8 Å². The van der Waals surface area contributed by atoms with Gasteiger partial charge in [-0.3, -0.25) is 9.59 Å². The molecule has 11 heteroatoms. The van der Waals surface area contributed by atoms with Crippen LogP contribution in [-0.4, -0.2) is 89.0 Å². The van der Waals surface area contributed by atoms with Crippen LogP contribution in [0.25, 0.3) is 0 Å². The molecule has 0 spiro atoms. The molecule has 4 heterocycles. The van der Waals surface area contributed by atoms with Gasteiger partial charge in [0, 0.05) is 81.1 Å². The van der Waals surface area contributed by atoms with Crippen LogP contribution < -0.4 is 15.0 Å². The van der Waals surface area contributed by atoms with Crippen LogP contribution in [0.4, 0.5) is 10.8 Å². The Morgan fingerprint density at radius 3 is 2.49 bits per heavy atom. The van der Waals surface area contributed by atoms with E-state index in [4.69, 9.17) is 4.74 Å². The minimum atomic E-state index is -0.261. The minimum Gasteiger partial charge on any atom is -0.460 e. The van der Waals surface area contributed by atoms with Gasteiger partial charge >= 0.3 is 6.01 Å². The van der Waals surface area contributed by atoms with Crippen LogP contribution >= 0.6 is 11.3 Å². The number of aromatic nitrogens is 3. The van der Waals surface area contributed by atoms with Crippen molar-refractivity contribution < 1.29 is 14.3 Å². The van der Waals surface area contributed by atoms with Crippen LogP contribution in [0.3, 0.4) is 0 Å². The predicted molar refractivity (Wildman–Crippen MR) is 143 cm³/mol. The summed E-state index contributed by atoms with van der Waals surface area (Å²) in [6, 6.07) is 7.59. The highest BCUT2D eigenvalue weighted by atomic mass is 32.1. The molecule has 1 aromatic carbocycles. The third kappa shape index (κ3) is 6.05. The zero-order chi connectivity index (χ0) is 25.8. The Balaban J connectivity index is 1.15. The van der Waals surface area contributed by atoms with Crippen LogP contribution in [0.1, 0.15) is 39.3 Å². The van der Waals surface area contributed by atoms with E-state index < -0.39 is 0 Å². The van der Waals surface area contributed by atoms with Crippen molar-refractivity contribution in [2.75, 3.05) is 56.5 Å². The Labute approximate surface area is 220 Å². The highest BCUT2D eigenvalue weighted by molar-refractivity contribution is 7.14. The number of aryl methyl sites for hydroxylation is 1. The fourth-order valence-corrected chi connectivity index (χ4v) is 5.35. The van der Waals surface area contributed by atoms with Gasteiger partial charge in [0.05, 0.1) is 0 Å². The van der Waals surface area contributed by atoms with E-state index in [1.807, 2.05) is 17.9 Å². The summed E-state index contributed by atoms with van der Waals surface area (Å²) < 4.78 is 5.87. The summed E-state index contributed by atoms with van der Waals surface area (Å²) in [6.07, 6.45) is 5.07. The van der Waals surface area contributed by atoms with Crippen molar-refractivity contribution in [3.05, 3.63) is 58.9 Å². The summed E-state index contributed by atoms with van der Waals surface area (Å²) in [5.74, 6) is -0.230. The van der Waals surface area contributed by atoms with Crippen LogP contribution in [0.5, 0.6) is 6.01 Å². The topological polar surface area (TPSA) is 104 Å². The lowest BCUT2D eigenvalue weighted by Crippen LogP contribution is -2.47. The summed E-state index contributed by atoms with van der Waals surface area (Å²) >= 11 is 1.46. The van der Waals surface area contributed by atoms with Gasteiger partial charge in [0.15, 0.2) is 5.13 Å². The van der Waals surface area contributed by atoms with E-state index in [9.17, 15) is 9.59 Å². The number of benzene rings is 1. The smallest absolute Gasteiger partial charge is 0.316 e. The second-order valence-corrected chi connectivity index (χ2v) is 10.3. The molecule has 2 amide bonds. The van der Waals surface area contributed by atoms with Gasteiger partial charge in [0.2, 0.25) is 0 Å². The molecule has 194 valence electrons. The number of anilines is 2. The second-order valence-electron chi connectivity index (χ2n) is 9.43. The van der Waals surface area contributed by atoms with Crippen molar-refractivity contribution in [1.29, 1.82) is 0 Å². The molecule has 0 radical (unpaired) electrons. The maximum absolute atomic E-state index is 12.9. The number of hydrogen-bond donors (Lipinski definition) is 1. The van der Waals surface area contributed by atoms with Crippen molar-refractivity contribution in [1.82, 2.24) is 24.8 Å². The Bertz CT molecular complexity index is 1240. The standard InChI is InChI=1S/C26H31N7O3S/c1-18-16-19(24(35)32-14-12-31(2)13-15-32)4-5-21(18)29-23(34)22-17-37-26(30-22)33-10-6-20(7-11-33)36-25-27-8-3-9-28-25/h3-5,8-9,16-17,20H,6-7,10-15H2,1-2H3,(H,29,34). The van der Waals surface area contributed by atoms with Gasteiger partial charge in [-0.2, -0.15) is 0 Å². The SMILES string of the molecule is Cc1cc(C(=O)N2CCN(C)CC2)ccc1NC(=O)c1csc(N2CCC(Oc3ncccn3)CC2)n1. The normalized spacial score (nSPS) is 17.0. The molecule has 2 saturated heterocycles. The molecule has 2 aliphatic rings. The fourth-order valence-electron chi connectivity index (χ4n) is 4.49. The third-order valence-electron chi connectivity index (χ3n) is 6.76. The molecule has 0 aliphatic carbocycles. The number of nitrogens with one attached hydrogen (secondary N) is 1. The van der Waals surface area contributed by atoms with Gasteiger partial charge in [-0.05, 0) is 43.8 Å². The van der Waals surface area contributed by atoms with Crippen LogP contribution in [0, 0.1) is 6.92 Å². The van der Waals surface area contributed by atoms with Crippen LogP contribution in [0.15, 0.2) is 42.0 Å². The molecular weight excluding hydrogens is 490 g/mol. The summed E-state index contributed by atoms with van der Waals surface area (Å²) in [5, 5.41) is 5.56. The summed E-state index contributed by atoms with van der Waals surface area (Å²) in [4.78, 5) is 44.9. The number of carbonyl (C=O) groups is 2. The molecule has 0 atom stereocenters. The number of carbonyl (C=O) groups excluding carboxylic acids is 2. The number of piperazine rings is 1. The Morgan fingerprint density at radius 1 is 1.05 bits per heavy atom. The largest absolute Gasteiger partial charge is 0.460 e. The number of rotatable bonds is 6. The number of amides is 2. The van der Waals surface area contributed by atoms with E-state index in [2.05, 4.69) is 37.1 Å². The van der Waals surface area contributed by atoms with Gasteiger partial charge in [-0.1, -0.05) is 0 Å². The summed E-state index contributed by atoms with van der Waals surface area (Å²) in [7, 11) is 2.06. The monoisotopic (exact) mass is 521 g/mol. The molecule has 2 fully saturated rings. The van der Waals surface area contributed by atoms with Crippen LogP contribution in [0.2, 0.25) is 0 Å². The number of nitrogens with zero attached hydrogens (tertiary/aromatic N) is 6. The zero-order valence-corrected chi connectivity index (χ0v) is 21.9. The van der Waals surface area contributed by atoms with E-state index >= 15 is 0 Å². The van der Waals surface area contributed by atoms with Crippen molar-refractivity contribution in [3.8, 4) is 6.01 Å². The van der Waals surface area contributed by atoms with E-state index in [1.54, 1.807) is 36.0 Å². The number of hydrogen-bond acceptors (Lipinski definition) is 9. The molecule has 10 nitrogen and oxygen atoms in total. The highest BCUT2D eigenvalue weighted by Crippen LogP contribution is 2.26. The van der Waals surface area contributed by atoms with E-state index in [1.165, 1.54) is 11.3 Å². The number of thiazole rings is 1. The van der Waals surface area contributed by atoms with Gasteiger partial charge in [-0.15, -0.1) is 11.3 Å². The summed E-state index contributed by atoms with van der Waals surface area (Å²) in [5.41, 5.74) is 2.54. The molecule has 2 aliphatic heterocycles. The second kappa shape index (κ2) is 11.2. The lowest BCUT2D eigenvalue weighted by atomic mass is 10.1. The van der Waals surface area contributed by atoms with Crippen molar-refractivity contribution in [2.24, 2.45) is 0 Å². The molecule has 5 rings (SSSR count). The molecule has 0 unspecified atom stereocenters. The minimum absolute atomic E-state index is 0.0312. The number of ether oxygens (including phenoxy) is 1. The number of likely N-dealkylation sites (N-methyl/N-ethyl adjacent to an activating group) is 1. The Kier molecular flexibility index (Phi) is 7.61. The maximum Gasteiger partial charge on any atom is 0.316 e. The molecule has 2 aromatic heterocycles. The zero-order valence-electron chi connectivity index (χ0n) is 21.1. The van der Waals surface area contributed by atoms with Crippen molar-refractivity contribution in [2.45, 2.75) is 25.9 Å². The van der Waals surface area contributed by atoms with Gasteiger partial charge in [-0.25, -0.2) is 15.0 Å². The maximum atomic E-state index is 12.9. The van der Waals surface area contributed by atoms with E-state index in [0.29, 0.717) is 23.0 Å². The third-order valence-corrected chi connectivity index (χ3v) is 7.66. The van der Waals surface area contributed by atoms with Crippen LogP contribution in [-0.2, 0) is 0 Å². The lowest BCUT2D eigenvalue weighted by molar-refractivity contribution is 0.0664. The molecule has 0 bridgehead atoms. The van der Waals surface area contributed by atoms with Crippen molar-refractivity contribution >= 4 is 34.0 Å². The molecule has 37 heavy (non-hydrogen) atoms. The highest BCUT2D eigenvalue weighted by Gasteiger charge is 2.25. The van der Waals surface area contributed by atoms with E-state index in [0.717, 1.165) is 62.8 Å². The quantitative estimate of drug-likeness (QED) is 0.528. The summed E-state index contributed by atoms with van der Waals surface area (Å²) in [6.45, 7) is 6.68. The number of piperidine rings is 1. The van der Waals surface area contributed by atoms with Gasteiger partial charge < -0.3 is 24.8 Å². The fraction of sp³-hybridized carbons (Fsp3) is 0.423. The average molecular weight is 522 g/mol. The first-order chi connectivity index (χ1) is 18.0. The molecule has 1 N–H and O–H groups in total. The first kappa shape index (κ1) is 25.1. The first-order valence-corrected chi connectivity index (χ1v) is 13.4. The van der Waals surface area contributed by atoms with E-state index in [-0.39, 0.29) is 17.9 Å². The molecular formula is C26H31N7O3S. The van der Waals surface area contributed by atoms with Gasteiger partial charge in [0.25, 0.3) is 11.8 Å². The average Bonchev–Trinajstić information content (AvgIpc) is 3.41. The molecule has 0 saturated carbocycles. The lowest BCUT2D eigenvalue weighted by Gasteiger charge is -2.32. The Morgan fingerprint density at radius 2 is 1.78 bits per heavy atom. The first-order valence-electron chi connectivity index (χ1n) is 12.5. The molecule has 3 aromatic rings. The predicted octanol–water partition coefficient (Wildman–Crippen LogP) is 2.93.